The van der Waals surface area contributed by atoms with E-state index in [1.54, 1.807) is 4.90 Å². The van der Waals surface area contributed by atoms with Crippen molar-refractivity contribution in [2.45, 2.75) is 64.0 Å². The Labute approximate surface area is 137 Å². The van der Waals surface area contributed by atoms with Crippen LogP contribution in [-0.2, 0) is 26.2 Å². The van der Waals surface area contributed by atoms with E-state index in [9.17, 15) is 9.59 Å². The van der Waals surface area contributed by atoms with Crippen molar-refractivity contribution in [2.75, 3.05) is 7.11 Å². The summed E-state index contributed by atoms with van der Waals surface area (Å²) in [5.41, 5.74) is 3.84. The fourth-order valence-corrected chi connectivity index (χ4v) is 3.80. The molecule has 2 unspecified atom stereocenters. The van der Waals surface area contributed by atoms with Crippen LogP contribution in [0.2, 0.25) is 0 Å². The van der Waals surface area contributed by atoms with E-state index in [0.717, 1.165) is 12.8 Å². The van der Waals surface area contributed by atoms with Crippen molar-refractivity contribution in [3.8, 4) is 0 Å². The van der Waals surface area contributed by atoms with Crippen LogP contribution in [0.25, 0.3) is 0 Å². The lowest BCUT2D eigenvalue weighted by Gasteiger charge is -2.30. The molecule has 1 aliphatic heterocycles. The van der Waals surface area contributed by atoms with E-state index in [-0.39, 0.29) is 23.3 Å². The van der Waals surface area contributed by atoms with Gasteiger partial charge >= 0.3 is 5.97 Å². The molecule has 1 fully saturated rings. The molecular formula is C19H25NO3. The van der Waals surface area contributed by atoms with E-state index in [4.69, 9.17) is 4.74 Å². The maximum atomic E-state index is 12.4. The Hall–Kier alpha value is -1.84. The Kier molecular flexibility index (Phi) is 3.95. The van der Waals surface area contributed by atoms with E-state index in [1.165, 1.54) is 23.8 Å². The lowest BCUT2D eigenvalue weighted by Crippen LogP contribution is -2.41. The minimum absolute atomic E-state index is 0.00593. The maximum Gasteiger partial charge on any atom is 0.328 e. The summed E-state index contributed by atoms with van der Waals surface area (Å²) in [5.74, 6) is -0.226. The average molecular weight is 315 g/mol. The molecule has 0 N–H and O–H groups in total. The number of methoxy groups -OCH3 is 1. The molecule has 124 valence electrons. The standard InChI is InChI=1S/C19H25NO3/c1-19(2,3)13-7-5-12-6-8-15(14(12)11-13)20-16(18(22)23-4)9-10-17(20)21/h5,7,11,15-16H,6,8-10H2,1-4H3. The summed E-state index contributed by atoms with van der Waals surface area (Å²) in [6.07, 6.45) is 2.85. The molecule has 1 aliphatic carbocycles. The number of nitrogens with zero attached hydrogens (tertiary/aromatic N) is 1. The summed E-state index contributed by atoms with van der Waals surface area (Å²) < 4.78 is 4.91. The van der Waals surface area contributed by atoms with Crippen LogP contribution in [0.3, 0.4) is 0 Å². The molecule has 2 atom stereocenters. The number of benzene rings is 1. The summed E-state index contributed by atoms with van der Waals surface area (Å²) in [6, 6.07) is 6.18. The van der Waals surface area contributed by atoms with Gasteiger partial charge in [-0.15, -0.1) is 0 Å². The zero-order valence-electron chi connectivity index (χ0n) is 14.4. The molecule has 0 radical (unpaired) electrons. The summed E-state index contributed by atoms with van der Waals surface area (Å²) in [7, 11) is 1.39. The number of fused-ring (bicyclic) bond motifs is 1. The predicted octanol–water partition coefficient (Wildman–Crippen LogP) is 3.14. The van der Waals surface area contributed by atoms with E-state index < -0.39 is 6.04 Å². The van der Waals surface area contributed by atoms with Crippen LogP contribution < -0.4 is 0 Å². The second kappa shape index (κ2) is 5.66. The Morgan fingerprint density at radius 2 is 1.96 bits per heavy atom. The van der Waals surface area contributed by atoms with Gasteiger partial charge in [0.1, 0.15) is 6.04 Å². The molecule has 3 rings (SSSR count). The van der Waals surface area contributed by atoms with Crippen LogP contribution in [-0.4, -0.2) is 29.9 Å². The molecule has 0 saturated carbocycles. The number of aryl methyl sites for hydroxylation is 1. The highest BCUT2D eigenvalue weighted by Gasteiger charge is 2.43. The zero-order valence-corrected chi connectivity index (χ0v) is 14.4. The summed E-state index contributed by atoms with van der Waals surface area (Å²) in [6.45, 7) is 6.57. The summed E-state index contributed by atoms with van der Waals surface area (Å²) in [4.78, 5) is 26.2. The van der Waals surface area contributed by atoms with Gasteiger partial charge < -0.3 is 9.64 Å². The molecule has 1 aromatic carbocycles. The second-order valence-electron chi connectivity index (χ2n) is 7.60. The third-order valence-corrected chi connectivity index (χ3v) is 5.12. The van der Waals surface area contributed by atoms with Gasteiger partial charge in [-0.2, -0.15) is 0 Å². The molecule has 0 spiro atoms. The van der Waals surface area contributed by atoms with Crippen LogP contribution in [0.15, 0.2) is 18.2 Å². The number of amides is 1. The van der Waals surface area contributed by atoms with Gasteiger partial charge in [0.25, 0.3) is 0 Å². The maximum absolute atomic E-state index is 12.4. The molecule has 0 aromatic heterocycles. The predicted molar refractivity (Wildman–Crippen MR) is 88.1 cm³/mol. The smallest absolute Gasteiger partial charge is 0.328 e. The normalized spacial score (nSPS) is 24.0. The molecule has 4 nitrogen and oxygen atoms in total. The van der Waals surface area contributed by atoms with Gasteiger partial charge in [-0.1, -0.05) is 39.0 Å². The van der Waals surface area contributed by atoms with E-state index in [1.807, 2.05) is 0 Å². The molecular weight excluding hydrogens is 290 g/mol. The lowest BCUT2D eigenvalue weighted by atomic mass is 9.85. The number of likely N-dealkylation sites (tertiary alicyclic amines) is 1. The average Bonchev–Trinajstić information content (AvgIpc) is 3.08. The van der Waals surface area contributed by atoms with Crippen molar-refractivity contribution >= 4 is 11.9 Å². The van der Waals surface area contributed by atoms with Crippen LogP contribution in [0.5, 0.6) is 0 Å². The van der Waals surface area contributed by atoms with Crippen molar-refractivity contribution < 1.29 is 14.3 Å². The highest BCUT2D eigenvalue weighted by Crippen LogP contribution is 2.41. The minimum atomic E-state index is -0.429. The number of rotatable bonds is 2. The Bertz CT molecular complexity index is 645. The van der Waals surface area contributed by atoms with E-state index in [2.05, 4.69) is 39.0 Å². The van der Waals surface area contributed by atoms with Crippen LogP contribution >= 0.6 is 0 Å². The molecule has 1 amide bonds. The second-order valence-corrected chi connectivity index (χ2v) is 7.60. The topological polar surface area (TPSA) is 46.6 Å². The fraction of sp³-hybridized carbons (Fsp3) is 0.579. The van der Waals surface area contributed by atoms with Crippen molar-refractivity contribution in [3.63, 3.8) is 0 Å². The third-order valence-electron chi connectivity index (χ3n) is 5.12. The number of ether oxygens (including phenoxy) is 1. The quantitative estimate of drug-likeness (QED) is 0.788. The molecule has 23 heavy (non-hydrogen) atoms. The van der Waals surface area contributed by atoms with Crippen molar-refractivity contribution in [1.29, 1.82) is 0 Å². The van der Waals surface area contributed by atoms with Crippen molar-refractivity contribution in [2.24, 2.45) is 0 Å². The first-order valence-electron chi connectivity index (χ1n) is 8.35. The van der Waals surface area contributed by atoms with Gasteiger partial charge in [-0.25, -0.2) is 4.79 Å². The van der Waals surface area contributed by atoms with Gasteiger partial charge in [0.05, 0.1) is 13.2 Å². The highest BCUT2D eigenvalue weighted by molar-refractivity contribution is 5.88. The number of esters is 1. The third kappa shape index (κ3) is 2.75. The number of carbonyl (C=O) groups is 2. The van der Waals surface area contributed by atoms with Gasteiger partial charge in [-0.05, 0) is 41.4 Å². The first-order valence-corrected chi connectivity index (χ1v) is 8.35. The monoisotopic (exact) mass is 315 g/mol. The Balaban J connectivity index is 1.97. The van der Waals surface area contributed by atoms with Crippen LogP contribution in [0.4, 0.5) is 0 Å². The lowest BCUT2D eigenvalue weighted by molar-refractivity contribution is -0.150. The SMILES string of the molecule is COC(=O)C1CCC(=O)N1C1CCc2ccc(C(C)(C)C)cc21. The van der Waals surface area contributed by atoms with E-state index >= 15 is 0 Å². The Morgan fingerprint density at radius 3 is 2.61 bits per heavy atom. The molecule has 1 saturated heterocycles. The van der Waals surface area contributed by atoms with Gasteiger partial charge in [-0.3, -0.25) is 4.79 Å². The summed E-state index contributed by atoms with van der Waals surface area (Å²) >= 11 is 0. The van der Waals surface area contributed by atoms with Gasteiger partial charge in [0, 0.05) is 6.42 Å². The van der Waals surface area contributed by atoms with Crippen LogP contribution in [0.1, 0.15) is 62.8 Å². The van der Waals surface area contributed by atoms with Crippen LogP contribution in [0, 0.1) is 0 Å². The van der Waals surface area contributed by atoms with Gasteiger partial charge in [0.2, 0.25) is 5.91 Å². The zero-order chi connectivity index (χ0) is 16.8. The number of hydrogen-bond acceptors (Lipinski definition) is 3. The van der Waals surface area contributed by atoms with Crippen molar-refractivity contribution in [1.82, 2.24) is 4.90 Å². The minimum Gasteiger partial charge on any atom is -0.467 e. The number of carbonyl (C=O) groups excluding carboxylic acids is 2. The van der Waals surface area contributed by atoms with E-state index in [0.29, 0.717) is 12.8 Å². The summed E-state index contributed by atoms with van der Waals surface area (Å²) in [5, 5.41) is 0. The van der Waals surface area contributed by atoms with Gasteiger partial charge in [0.15, 0.2) is 0 Å². The first-order chi connectivity index (χ1) is 10.8. The Morgan fingerprint density at radius 1 is 1.22 bits per heavy atom. The first kappa shape index (κ1) is 16.0. The molecule has 0 bridgehead atoms. The molecule has 4 heteroatoms. The molecule has 1 aromatic rings. The largest absolute Gasteiger partial charge is 0.467 e. The molecule has 1 heterocycles. The molecule has 2 aliphatic rings. The highest BCUT2D eigenvalue weighted by atomic mass is 16.5. The number of hydrogen-bond donors (Lipinski definition) is 0. The fourth-order valence-electron chi connectivity index (χ4n) is 3.80. The van der Waals surface area contributed by atoms with Crippen molar-refractivity contribution in [3.05, 3.63) is 34.9 Å².